The number of halogens is 1. The average molecular weight is 270 g/mol. The molecule has 4 heteroatoms. The van der Waals surface area contributed by atoms with Crippen molar-refractivity contribution in [1.29, 1.82) is 0 Å². The summed E-state index contributed by atoms with van der Waals surface area (Å²) in [5, 5.41) is 0.468. The Hall–Kier alpha value is -1.06. The molecule has 0 spiro atoms. The van der Waals surface area contributed by atoms with Crippen LogP contribution in [-0.2, 0) is 0 Å². The molecule has 0 aliphatic carbocycles. The third kappa shape index (κ3) is 4.67. The quantitative estimate of drug-likeness (QED) is 0.712. The molecule has 0 saturated heterocycles. The van der Waals surface area contributed by atoms with Crippen molar-refractivity contribution in [2.75, 3.05) is 27.2 Å². The predicted molar refractivity (Wildman–Crippen MR) is 74.7 cm³/mol. The number of hydrogen-bond donors (Lipinski definition) is 0. The molecule has 1 aromatic carbocycles. The van der Waals surface area contributed by atoms with Gasteiger partial charge in [0.2, 0.25) is 0 Å². The van der Waals surface area contributed by atoms with Gasteiger partial charge in [0.15, 0.2) is 5.78 Å². The number of nitrogens with zero attached hydrogens (tertiary/aromatic N) is 1. The molecule has 0 aromatic heterocycles. The number of carbonyl (C=O) groups excluding carboxylic acids is 1. The average Bonchev–Trinajstić information content (AvgIpc) is 2.28. The van der Waals surface area contributed by atoms with Crippen LogP contribution < -0.4 is 4.74 Å². The van der Waals surface area contributed by atoms with E-state index in [0.29, 0.717) is 29.4 Å². The van der Waals surface area contributed by atoms with Crippen molar-refractivity contribution in [3.05, 3.63) is 28.8 Å². The molecule has 0 fully saturated rings. The summed E-state index contributed by atoms with van der Waals surface area (Å²) < 4.78 is 5.55. The Morgan fingerprint density at radius 1 is 1.39 bits per heavy atom. The molecule has 0 bridgehead atoms. The molecule has 18 heavy (non-hydrogen) atoms. The van der Waals surface area contributed by atoms with Crippen LogP contribution in [0.3, 0.4) is 0 Å². The van der Waals surface area contributed by atoms with E-state index in [4.69, 9.17) is 16.3 Å². The molecule has 0 unspecified atom stereocenters. The standard InChI is InChI=1S/C14H20ClNO2/c1-4-5-14(17)12-7-6-11(10-13(12)15)18-9-8-16(2)3/h6-7,10H,4-5,8-9H2,1-3H3. The minimum atomic E-state index is 0.0855. The van der Waals surface area contributed by atoms with Crippen molar-refractivity contribution in [3.63, 3.8) is 0 Å². The molecule has 1 aromatic rings. The lowest BCUT2D eigenvalue weighted by Crippen LogP contribution is -2.19. The Morgan fingerprint density at radius 2 is 2.11 bits per heavy atom. The first-order chi connectivity index (χ1) is 8.54. The minimum Gasteiger partial charge on any atom is -0.492 e. The summed E-state index contributed by atoms with van der Waals surface area (Å²) in [5.74, 6) is 0.789. The summed E-state index contributed by atoms with van der Waals surface area (Å²) in [7, 11) is 3.98. The molecule has 0 radical (unpaired) electrons. The summed E-state index contributed by atoms with van der Waals surface area (Å²) in [6.07, 6.45) is 1.36. The lowest BCUT2D eigenvalue weighted by atomic mass is 10.1. The van der Waals surface area contributed by atoms with Gasteiger partial charge in [-0.05, 0) is 38.7 Å². The fourth-order valence-electron chi connectivity index (χ4n) is 1.52. The minimum absolute atomic E-state index is 0.0855. The fraction of sp³-hybridized carbons (Fsp3) is 0.500. The van der Waals surface area contributed by atoms with E-state index in [9.17, 15) is 4.79 Å². The van der Waals surface area contributed by atoms with Gasteiger partial charge in [-0.3, -0.25) is 4.79 Å². The van der Waals surface area contributed by atoms with Crippen LogP contribution in [0.15, 0.2) is 18.2 Å². The van der Waals surface area contributed by atoms with Crippen molar-refractivity contribution in [2.24, 2.45) is 0 Å². The summed E-state index contributed by atoms with van der Waals surface area (Å²) in [4.78, 5) is 13.8. The van der Waals surface area contributed by atoms with Crippen molar-refractivity contribution in [3.8, 4) is 5.75 Å². The number of hydrogen-bond acceptors (Lipinski definition) is 3. The number of rotatable bonds is 7. The molecule has 0 N–H and O–H groups in total. The van der Waals surface area contributed by atoms with Crippen molar-refractivity contribution < 1.29 is 9.53 Å². The van der Waals surface area contributed by atoms with Gasteiger partial charge in [-0.15, -0.1) is 0 Å². The zero-order valence-electron chi connectivity index (χ0n) is 11.2. The lowest BCUT2D eigenvalue weighted by Gasteiger charge is -2.12. The molecule has 0 aliphatic heterocycles. The van der Waals surface area contributed by atoms with Crippen LogP contribution in [0.5, 0.6) is 5.75 Å². The number of likely N-dealkylation sites (N-methyl/N-ethyl adjacent to an activating group) is 1. The number of benzene rings is 1. The van der Waals surface area contributed by atoms with Crippen LogP contribution >= 0.6 is 11.6 Å². The second-order valence-corrected chi connectivity index (χ2v) is 4.87. The lowest BCUT2D eigenvalue weighted by molar-refractivity contribution is 0.0982. The van der Waals surface area contributed by atoms with Gasteiger partial charge in [-0.1, -0.05) is 18.5 Å². The van der Waals surface area contributed by atoms with E-state index in [0.717, 1.165) is 13.0 Å². The maximum absolute atomic E-state index is 11.7. The van der Waals surface area contributed by atoms with E-state index < -0.39 is 0 Å². The van der Waals surface area contributed by atoms with Crippen LogP contribution in [0.4, 0.5) is 0 Å². The Balaban J connectivity index is 2.64. The van der Waals surface area contributed by atoms with E-state index in [-0.39, 0.29) is 5.78 Å². The van der Waals surface area contributed by atoms with E-state index in [2.05, 4.69) is 0 Å². The summed E-state index contributed by atoms with van der Waals surface area (Å²) >= 11 is 6.09. The topological polar surface area (TPSA) is 29.5 Å². The van der Waals surface area contributed by atoms with E-state index >= 15 is 0 Å². The summed E-state index contributed by atoms with van der Waals surface area (Å²) in [6, 6.07) is 5.25. The summed E-state index contributed by atoms with van der Waals surface area (Å²) in [6.45, 7) is 3.42. The molecule has 0 aliphatic rings. The molecular formula is C14H20ClNO2. The first-order valence-corrected chi connectivity index (χ1v) is 6.52. The second-order valence-electron chi connectivity index (χ2n) is 4.47. The number of ketones is 1. The molecule has 1 rings (SSSR count). The molecule has 0 heterocycles. The Kier molecular flexibility index (Phi) is 6.16. The van der Waals surface area contributed by atoms with Crippen LogP contribution in [0.1, 0.15) is 30.1 Å². The second kappa shape index (κ2) is 7.39. The summed E-state index contributed by atoms with van der Waals surface area (Å²) in [5.41, 5.74) is 0.582. The zero-order chi connectivity index (χ0) is 13.5. The van der Waals surface area contributed by atoms with Crippen LogP contribution in [0.25, 0.3) is 0 Å². The maximum atomic E-state index is 11.7. The molecular weight excluding hydrogens is 250 g/mol. The van der Waals surface area contributed by atoms with Crippen molar-refractivity contribution in [2.45, 2.75) is 19.8 Å². The first kappa shape index (κ1) is 15.0. The van der Waals surface area contributed by atoms with Gasteiger partial charge >= 0.3 is 0 Å². The first-order valence-electron chi connectivity index (χ1n) is 6.15. The molecule has 0 amide bonds. The molecule has 3 nitrogen and oxygen atoms in total. The highest BCUT2D eigenvalue weighted by Gasteiger charge is 2.10. The van der Waals surface area contributed by atoms with Gasteiger partial charge < -0.3 is 9.64 Å². The van der Waals surface area contributed by atoms with Crippen LogP contribution in [-0.4, -0.2) is 37.9 Å². The smallest absolute Gasteiger partial charge is 0.164 e. The van der Waals surface area contributed by atoms with Gasteiger partial charge in [0.1, 0.15) is 12.4 Å². The van der Waals surface area contributed by atoms with Crippen molar-refractivity contribution >= 4 is 17.4 Å². The molecule has 100 valence electrons. The Morgan fingerprint density at radius 3 is 2.67 bits per heavy atom. The van der Waals surface area contributed by atoms with Crippen LogP contribution in [0, 0.1) is 0 Å². The fourth-order valence-corrected chi connectivity index (χ4v) is 1.80. The maximum Gasteiger partial charge on any atom is 0.164 e. The molecule has 0 atom stereocenters. The SMILES string of the molecule is CCCC(=O)c1ccc(OCCN(C)C)cc1Cl. The predicted octanol–water partition coefficient (Wildman–Crippen LogP) is 3.26. The van der Waals surface area contributed by atoms with Gasteiger partial charge in [0, 0.05) is 18.5 Å². The van der Waals surface area contributed by atoms with Gasteiger partial charge in [-0.2, -0.15) is 0 Å². The monoisotopic (exact) mass is 269 g/mol. The highest BCUT2D eigenvalue weighted by molar-refractivity contribution is 6.34. The number of Topliss-reactive ketones (excluding diaryl/α,β-unsaturated/α-hetero) is 1. The number of carbonyl (C=O) groups is 1. The van der Waals surface area contributed by atoms with E-state index in [1.54, 1.807) is 18.2 Å². The number of ether oxygens (including phenoxy) is 1. The normalized spacial score (nSPS) is 10.7. The van der Waals surface area contributed by atoms with Crippen molar-refractivity contribution in [1.82, 2.24) is 4.90 Å². The molecule has 0 saturated carbocycles. The van der Waals surface area contributed by atoms with Gasteiger partial charge in [0.05, 0.1) is 5.02 Å². The van der Waals surface area contributed by atoms with E-state index in [1.807, 2.05) is 25.9 Å². The third-order valence-corrected chi connectivity index (χ3v) is 2.84. The highest BCUT2D eigenvalue weighted by Crippen LogP contribution is 2.24. The van der Waals surface area contributed by atoms with E-state index in [1.165, 1.54) is 0 Å². The highest BCUT2D eigenvalue weighted by atomic mass is 35.5. The largest absolute Gasteiger partial charge is 0.492 e. The Bertz CT molecular complexity index is 405. The van der Waals surface area contributed by atoms with Gasteiger partial charge in [0.25, 0.3) is 0 Å². The third-order valence-electron chi connectivity index (χ3n) is 2.53. The van der Waals surface area contributed by atoms with Crippen LogP contribution in [0.2, 0.25) is 5.02 Å². The Labute approximate surface area is 114 Å². The van der Waals surface area contributed by atoms with Gasteiger partial charge in [-0.25, -0.2) is 0 Å². The zero-order valence-corrected chi connectivity index (χ0v) is 12.0.